The minimum atomic E-state index is -0.158. The van der Waals surface area contributed by atoms with Gasteiger partial charge in [-0.3, -0.25) is 0 Å². The fourth-order valence-electron chi connectivity index (χ4n) is 4.53. The lowest BCUT2D eigenvalue weighted by molar-refractivity contribution is 0.462. The molecule has 2 nitrogen and oxygen atoms in total. The quantitative estimate of drug-likeness (QED) is 0.384. The molecule has 0 aliphatic rings. The fraction of sp³-hybridized carbons (Fsp3) is 0.600. The molecule has 0 atom stereocenters. The van der Waals surface area contributed by atoms with Crippen LogP contribution >= 0.6 is 0 Å². The Morgan fingerprint density at radius 1 is 0.562 bits per heavy atom. The van der Waals surface area contributed by atoms with Crippen molar-refractivity contribution >= 4 is 0 Å². The number of hydrogen-bond acceptors (Lipinski definition) is 2. The Hall–Kier alpha value is -1.96. The smallest absolute Gasteiger partial charge is 0.124 e. The lowest BCUT2D eigenvalue weighted by Gasteiger charge is -2.30. The van der Waals surface area contributed by atoms with Gasteiger partial charge >= 0.3 is 0 Å². The van der Waals surface area contributed by atoms with Gasteiger partial charge in [-0.05, 0) is 70.9 Å². The summed E-state index contributed by atoms with van der Waals surface area (Å²) in [5, 5.41) is 22.6. The summed E-state index contributed by atoms with van der Waals surface area (Å²) in [6, 6.07) is 8.35. The summed E-state index contributed by atoms with van der Waals surface area (Å²) < 4.78 is 0. The van der Waals surface area contributed by atoms with Crippen LogP contribution in [0.25, 0.3) is 11.1 Å². The van der Waals surface area contributed by atoms with E-state index in [1.165, 1.54) is 36.8 Å². The molecule has 178 valence electrons. The zero-order chi connectivity index (χ0) is 24.1. The number of unbranched alkanes of at least 4 members (excludes halogenated alkanes) is 4. The molecule has 0 heterocycles. The molecule has 0 aliphatic heterocycles. The van der Waals surface area contributed by atoms with E-state index in [0.29, 0.717) is 0 Å². The Bertz CT molecular complexity index is 819. The van der Waals surface area contributed by atoms with Crippen LogP contribution in [0.15, 0.2) is 24.3 Å². The molecule has 0 bridgehead atoms. The molecule has 0 amide bonds. The van der Waals surface area contributed by atoms with Crippen LogP contribution in [0.2, 0.25) is 0 Å². The van der Waals surface area contributed by atoms with Gasteiger partial charge in [0, 0.05) is 11.1 Å². The summed E-state index contributed by atoms with van der Waals surface area (Å²) in [5.74, 6) is 0.562. The van der Waals surface area contributed by atoms with E-state index in [9.17, 15) is 10.2 Å². The average molecular weight is 439 g/mol. The molecule has 2 aromatic carbocycles. The molecule has 2 aromatic rings. The molecule has 2 rings (SSSR count). The molecule has 0 aromatic heterocycles. The number of aromatic hydroxyl groups is 2. The van der Waals surface area contributed by atoms with E-state index in [4.69, 9.17) is 0 Å². The van der Waals surface area contributed by atoms with E-state index in [1.54, 1.807) is 0 Å². The molecular weight excluding hydrogens is 392 g/mol. The van der Waals surface area contributed by atoms with Crippen LogP contribution in [-0.2, 0) is 23.7 Å². The normalized spacial score (nSPS) is 12.4. The van der Waals surface area contributed by atoms with Gasteiger partial charge in [-0.25, -0.2) is 0 Å². The van der Waals surface area contributed by atoms with E-state index in [1.807, 2.05) is 12.1 Å². The molecule has 0 fully saturated rings. The minimum absolute atomic E-state index is 0.158. The minimum Gasteiger partial charge on any atom is -0.507 e. The summed E-state index contributed by atoms with van der Waals surface area (Å²) in [7, 11) is 0. The zero-order valence-electron chi connectivity index (χ0n) is 21.9. The predicted octanol–water partition coefficient (Wildman–Crippen LogP) is 8.83. The molecule has 0 spiro atoms. The van der Waals surface area contributed by atoms with Gasteiger partial charge in [0.1, 0.15) is 11.5 Å². The molecule has 0 saturated carbocycles. The highest BCUT2D eigenvalue weighted by Gasteiger charge is 2.29. The topological polar surface area (TPSA) is 40.5 Å². The first-order valence-corrected chi connectivity index (χ1v) is 12.6. The number of phenols is 2. The molecule has 0 saturated heterocycles. The Morgan fingerprint density at radius 3 is 1.19 bits per heavy atom. The number of phenolic OH excluding ortho intramolecular Hbond substituents is 2. The summed E-state index contributed by atoms with van der Waals surface area (Å²) in [5.41, 5.74) is 5.82. The van der Waals surface area contributed by atoms with Gasteiger partial charge < -0.3 is 10.2 Å². The van der Waals surface area contributed by atoms with Crippen molar-refractivity contribution in [2.45, 2.75) is 118 Å². The number of aryl methyl sites for hydroxylation is 2. The highest BCUT2D eigenvalue weighted by Crippen LogP contribution is 2.48. The highest BCUT2D eigenvalue weighted by molar-refractivity contribution is 5.83. The van der Waals surface area contributed by atoms with Crippen LogP contribution in [0.3, 0.4) is 0 Å². The van der Waals surface area contributed by atoms with Gasteiger partial charge in [-0.2, -0.15) is 0 Å². The Labute approximate surface area is 197 Å². The number of benzene rings is 2. The van der Waals surface area contributed by atoms with Gasteiger partial charge in [0.15, 0.2) is 0 Å². The van der Waals surface area contributed by atoms with Crippen molar-refractivity contribution in [2.75, 3.05) is 0 Å². The first kappa shape index (κ1) is 26.3. The first-order chi connectivity index (χ1) is 14.9. The second-order valence-electron chi connectivity index (χ2n) is 11.5. The highest BCUT2D eigenvalue weighted by atomic mass is 16.3. The van der Waals surface area contributed by atoms with Crippen molar-refractivity contribution in [3.63, 3.8) is 0 Å². The van der Waals surface area contributed by atoms with Crippen LogP contribution in [-0.4, -0.2) is 10.2 Å². The molecule has 2 heteroatoms. The molecule has 0 radical (unpaired) electrons. The monoisotopic (exact) mass is 438 g/mol. The molecule has 32 heavy (non-hydrogen) atoms. The second-order valence-corrected chi connectivity index (χ2v) is 11.5. The lowest BCUT2D eigenvalue weighted by atomic mass is 9.75. The largest absolute Gasteiger partial charge is 0.507 e. The Balaban J connectivity index is 2.72. The summed E-state index contributed by atoms with van der Waals surface area (Å²) in [6.45, 7) is 17.6. The maximum atomic E-state index is 11.3. The summed E-state index contributed by atoms with van der Waals surface area (Å²) >= 11 is 0. The van der Waals surface area contributed by atoms with Gasteiger partial charge in [0.05, 0.1) is 0 Å². The van der Waals surface area contributed by atoms with Crippen molar-refractivity contribution in [2.24, 2.45) is 0 Å². The van der Waals surface area contributed by atoms with Gasteiger partial charge in [-0.1, -0.05) is 93.2 Å². The number of hydrogen-bond donors (Lipinski definition) is 2. The predicted molar refractivity (Wildman–Crippen MR) is 139 cm³/mol. The van der Waals surface area contributed by atoms with E-state index >= 15 is 0 Å². The third-order valence-electron chi connectivity index (χ3n) is 6.36. The van der Waals surface area contributed by atoms with Crippen molar-refractivity contribution in [3.8, 4) is 22.6 Å². The third kappa shape index (κ3) is 6.53. The number of rotatable bonds is 9. The van der Waals surface area contributed by atoms with E-state index in [2.05, 4.69) is 67.5 Å². The van der Waals surface area contributed by atoms with Crippen LogP contribution in [0, 0.1) is 0 Å². The molecule has 0 aliphatic carbocycles. The van der Waals surface area contributed by atoms with E-state index in [-0.39, 0.29) is 22.3 Å². The van der Waals surface area contributed by atoms with Crippen LogP contribution in [0.1, 0.15) is 116 Å². The molecule has 0 unspecified atom stereocenters. The fourth-order valence-corrected chi connectivity index (χ4v) is 4.53. The van der Waals surface area contributed by atoms with Gasteiger partial charge in [0.25, 0.3) is 0 Å². The SMILES string of the molecule is CCCCCc1cc(O)c(-c2c(O)cc(CCCCC)cc2C(C)(C)C)c(C(C)(C)C)c1. The average Bonchev–Trinajstić information content (AvgIpc) is 2.67. The maximum Gasteiger partial charge on any atom is 0.124 e. The lowest BCUT2D eigenvalue weighted by Crippen LogP contribution is -2.17. The molecular formula is C30H46O2. The van der Waals surface area contributed by atoms with Gasteiger partial charge in [0.2, 0.25) is 0 Å². The van der Waals surface area contributed by atoms with Crippen LogP contribution in [0.4, 0.5) is 0 Å². The van der Waals surface area contributed by atoms with E-state index < -0.39 is 0 Å². The third-order valence-corrected chi connectivity index (χ3v) is 6.36. The van der Waals surface area contributed by atoms with Crippen molar-refractivity contribution < 1.29 is 10.2 Å². The van der Waals surface area contributed by atoms with Crippen molar-refractivity contribution in [1.82, 2.24) is 0 Å². The Kier molecular flexibility index (Phi) is 8.85. The second kappa shape index (κ2) is 10.8. The first-order valence-electron chi connectivity index (χ1n) is 12.6. The Morgan fingerprint density at radius 2 is 0.906 bits per heavy atom. The standard InChI is InChI=1S/C30H46O2/c1-9-11-13-15-21-17-23(29(3,4)5)27(25(31)19-21)28-24(30(6,7)8)18-22(20-26(28)32)16-14-12-10-2/h17-20,31-32H,9-16H2,1-8H3. The van der Waals surface area contributed by atoms with Crippen LogP contribution in [0.5, 0.6) is 11.5 Å². The van der Waals surface area contributed by atoms with Crippen molar-refractivity contribution in [1.29, 1.82) is 0 Å². The molecule has 2 N–H and O–H groups in total. The van der Waals surface area contributed by atoms with E-state index in [0.717, 1.165) is 47.9 Å². The summed E-state index contributed by atoms with van der Waals surface area (Å²) in [4.78, 5) is 0. The van der Waals surface area contributed by atoms with Crippen molar-refractivity contribution in [3.05, 3.63) is 46.5 Å². The zero-order valence-corrected chi connectivity index (χ0v) is 21.9. The van der Waals surface area contributed by atoms with Gasteiger partial charge in [-0.15, -0.1) is 0 Å². The summed E-state index contributed by atoms with van der Waals surface area (Å²) in [6.07, 6.45) is 8.96. The maximum absolute atomic E-state index is 11.3. The van der Waals surface area contributed by atoms with Crippen LogP contribution < -0.4 is 0 Å².